The van der Waals surface area contributed by atoms with Gasteiger partial charge in [0.15, 0.2) is 11.6 Å². The first kappa shape index (κ1) is 45.1. The van der Waals surface area contributed by atoms with Crippen LogP contribution in [0.1, 0.15) is 68.9 Å². The summed E-state index contributed by atoms with van der Waals surface area (Å²) in [7, 11) is 4.39. The summed E-state index contributed by atoms with van der Waals surface area (Å²) in [5.41, 5.74) is 20.4. The molecule has 304 valence electrons. The molecule has 0 saturated carbocycles. The van der Waals surface area contributed by atoms with Gasteiger partial charge in [-0.3, -0.25) is 9.59 Å². The largest absolute Gasteiger partial charge is 0.412 e. The normalized spacial score (nSPS) is 17.1. The highest BCUT2D eigenvalue weighted by atomic mass is 35.5. The Morgan fingerprint density at radius 3 is 1.28 bits per heavy atom. The molecule has 0 amide bonds. The number of benzene rings is 4. The minimum Gasteiger partial charge on any atom is -0.412 e. The van der Waals surface area contributed by atoms with E-state index in [1.165, 1.54) is 38.8 Å². The van der Waals surface area contributed by atoms with Crippen LogP contribution in [0.5, 0.6) is 0 Å². The van der Waals surface area contributed by atoms with Gasteiger partial charge in [0, 0.05) is 81.9 Å². The van der Waals surface area contributed by atoms with E-state index in [1.54, 1.807) is 24.3 Å². The Morgan fingerprint density at radius 1 is 0.579 bits per heavy atom. The van der Waals surface area contributed by atoms with Gasteiger partial charge in [-0.1, -0.05) is 36.4 Å². The lowest BCUT2D eigenvalue weighted by Crippen LogP contribution is -2.34. The van der Waals surface area contributed by atoms with Gasteiger partial charge in [0.2, 0.25) is 0 Å². The molecule has 8 rings (SSSR count). The Labute approximate surface area is 349 Å². The molecule has 9 nitrogen and oxygen atoms in total. The zero-order valence-electron chi connectivity index (χ0n) is 33.5. The second-order valence-corrected chi connectivity index (χ2v) is 15.6. The van der Waals surface area contributed by atoms with Crippen molar-refractivity contribution in [1.82, 2.24) is 18.9 Å². The molecule has 2 aliphatic heterocycles. The molecule has 2 aliphatic rings. The Morgan fingerprint density at radius 2 is 0.930 bits per heavy atom. The molecule has 0 spiro atoms. The first-order valence-electron chi connectivity index (χ1n) is 19.4. The molecule has 6 aromatic rings. The maximum absolute atomic E-state index is 13.3. The highest BCUT2D eigenvalue weighted by Crippen LogP contribution is 2.32. The summed E-state index contributed by atoms with van der Waals surface area (Å²) in [6.07, 6.45) is 4.99. The average molecular weight is 814 g/mol. The molecule has 6 N–H and O–H groups in total. The van der Waals surface area contributed by atoms with Crippen molar-refractivity contribution < 1.29 is 15.1 Å². The van der Waals surface area contributed by atoms with E-state index in [9.17, 15) is 9.59 Å². The van der Waals surface area contributed by atoms with Crippen LogP contribution in [0.4, 0.5) is 11.4 Å². The molecule has 2 saturated heterocycles. The fourth-order valence-electron chi connectivity index (χ4n) is 8.82. The van der Waals surface area contributed by atoms with Crippen LogP contribution in [0.15, 0.2) is 97.1 Å². The Kier molecular flexibility index (Phi) is 15.6. The lowest BCUT2D eigenvalue weighted by atomic mass is 9.98. The number of aromatic nitrogens is 2. The van der Waals surface area contributed by atoms with Gasteiger partial charge in [0.05, 0.1) is 11.1 Å². The second kappa shape index (κ2) is 19.7. The number of piperidine rings is 2. The molecular weight excluding hydrogens is 755 g/mol. The molecule has 0 bridgehead atoms. The number of likely N-dealkylation sites (tertiary alicyclic amines) is 2. The van der Waals surface area contributed by atoms with Crippen molar-refractivity contribution in [2.75, 3.05) is 51.7 Å². The summed E-state index contributed by atoms with van der Waals surface area (Å²) < 4.78 is 4.70. The summed E-state index contributed by atoms with van der Waals surface area (Å²) in [6, 6.07) is 31.0. The number of carbonyl (C=O) groups excluding carboxylic acids is 2. The number of fused-ring (bicyclic) bond motifs is 2. The van der Waals surface area contributed by atoms with E-state index in [2.05, 4.69) is 83.3 Å². The first-order valence-corrected chi connectivity index (χ1v) is 19.4. The van der Waals surface area contributed by atoms with Gasteiger partial charge in [-0.25, -0.2) is 0 Å². The molecule has 2 unspecified atom stereocenters. The summed E-state index contributed by atoms with van der Waals surface area (Å²) in [5, 5.41) is 2.09. The van der Waals surface area contributed by atoms with Crippen molar-refractivity contribution in [3.05, 3.63) is 131 Å². The Hall–Kier alpha value is -4.64. The van der Waals surface area contributed by atoms with Gasteiger partial charge in [0.1, 0.15) is 0 Å². The van der Waals surface area contributed by atoms with Crippen molar-refractivity contribution in [3.8, 4) is 0 Å². The number of ketones is 2. The van der Waals surface area contributed by atoms with Gasteiger partial charge in [-0.15, -0.1) is 24.8 Å². The standard InChI is InChI=1S/2C23H27N3O.2ClH.H2O/c2*1-16-22(23(27)18-9-11-19(24)12-10-18)20-7-3-4-8-21(20)26(16)15-17-6-5-13-25(2)14-17;;;/h2*3-4,7-12,17H,5-6,13-15,24H2,1-2H3;2*1H;1H2. The summed E-state index contributed by atoms with van der Waals surface area (Å²) >= 11 is 0. The highest BCUT2D eigenvalue weighted by molar-refractivity contribution is 6.18. The van der Waals surface area contributed by atoms with E-state index in [0.29, 0.717) is 34.3 Å². The molecule has 11 heteroatoms. The second-order valence-electron chi connectivity index (χ2n) is 15.6. The van der Waals surface area contributed by atoms with E-state index in [0.717, 1.165) is 70.5 Å². The lowest BCUT2D eigenvalue weighted by Gasteiger charge is -2.30. The van der Waals surface area contributed by atoms with E-state index >= 15 is 0 Å². The van der Waals surface area contributed by atoms with Gasteiger partial charge >= 0.3 is 0 Å². The fraction of sp³-hybridized carbons (Fsp3) is 0.348. The van der Waals surface area contributed by atoms with Crippen LogP contribution in [-0.4, -0.2) is 76.3 Å². The van der Waals surface area contributed by atoms with E-state index < -0.39 is 0 Å². The third-order valence-corrected chi connectivity index (χ3v) is 11.6. The number of nitrogen functional groups attached to an aromatic ring is 2. The van der Waals surface area contributed by atoms with Gasteiger partial charge in [-0.2, -0.15) is 0 Å². The van der Waals surface area contributed by atoms with Crippen LogP contribution < -0.4 is 11.5 Å². The molecule has 2 aromatic heterocycles. The molecule has 4 aromatic carbocycles. The van der Waals surface area contributed by atoms with Gasteiger partial charge < -0.3 is 35.9 Å². The summed E-state index contributed by atoms with van der Waals surface area (Å²) in [4.78, 5) is 31.4. The molecule has 2 fully saturated rings. The third-order valence-electron chi connectivity index (χ3n) is 11.6. The monoisotopic (exact) mass is 812 g/mol. The number of halogens is 2. The summed E-state index contributed by atoms with van der Waals surface area (Å²) in [5.74, 6) is 1.39. The van der Waals surface area contributed by atoms with E-state index in [-0.39, 0.29) is 41.9 Å². The van der Waals surface area contributed by atoms with Gasteiger partial charge in [0.25, 0.3) is 0 Å². The van der Waals surface area contributed by atoms with Crippen LogP contribution in [-0.2, 0) is 13.1 Å². The molecule has 2 atom stereocenters. The van der Waals surface area contributed by atoms with E-state index in [1.807, 2.05) is 36.4 Å². The number of rotatable bonds is 8. The first-order chi connectivity index (χ1) is 26.1. The van der Waals surface area contributed by atoms with Crippen LogP contribution in [0.2, 0.25) is 0 Å². The maximum atomic E-state index is 13.3. The van der Waals surface area contributed by atoms with Crippen LogP contribution in [0, 0.1) is 25.7 Å². The Bertz CT molecular complexity index is 2120. The van der Waals surface area contributed by atoms with Gasteiger partial charge in [-0.05, 0) is 139 Å². The van der Waals surface area contributed by atoms with Crippen molar-refractivity contribution in [3.63, 3.8) is 0 Å². The third kappa shape index (κ3) is 9.74. The van der Waals surface area contributed by atoms with Crippen LogP contribution >= 0.6 is 24.8 Å². The fourth-order valence-corrected chi connectivity index (χ4v) is 8.82. The van der Waals surface area contributed by atoms with Crippen LogP contribution in [0.3, 0.4) is 0 Å². The van der Waals surface area contributed by atoms with Crippen molar-refractivity contribution >= 4 is 69.6 Å². The van der Waals surface area contributed by atoms with E-state index in [4.69, 9.17) is 11.5 Å². The smallest absolute Gasteiger partial charge is 0.195 e. The lowest BCUT2D eigenvalue weighted by molar-refractivity contribution is 0.103. The number of nitrogens with two attached hydrogens (primary N) is 2. The number of hydrogen-bond acceptors (Lipinski definition) is 6. The average Bonchev–Trinajstić information content (AvgIpc) is 3.61. The van der Waals surface area contributed by atoms with Crippen molar-refractivity contribution in [1.29, 1.82) is 0 Å². The predicted octanol–water partition coefficient (Wildman–Crippen LogP) is 8.23. The quantitative estimate of drug-likeness (QED) is 0.118. The summed E-state index contributed by atoms with van der Waals surface area (Å²) in [6.45, 7) is 10.7. The number of para-hydroxylation sites is 2. The molecule has 4 heterocycles. The highest BCUT2D eigenvalue weighted by Gasteiger charge is 2.26. The predicted molar refractivity (Wildman–Crippen MR) is 240 cm³/mol. The zero-order chi connectivity index (χ0) is 37.9. The number of carbonyl (C=O) groups is 2. The molecular formula is C46H58Cl2N6O3. The number of hydrogen-bond donors (Lipinski definition) is 2. The number of anilines is 2. The SMILES string of the molecule is Cc1c(C(=O)c2ccc(N)cc2)c2ccccc2n1CC1CCCN(C)C1.Cc1c(C(=O)c2ccc(N)cc2)c2ccccc2n1CC1CCCN(C)C1.Cl.Cl.O. The van der Waals surface area contributed by atoms with Crippen molar-refractivity contribution in [2.45, 2.75) is 52.6 Å². The molecule has 0 radical (unpaired) electrons. The zero-order valence-corrected chi connectivity index (χ0v) is 35.2. The van der Waals surface area contributed by atoms with Crippen LogP contribution in [0.25, 0.3) is 21.8 Å². The molecule has 57 heavy (non-hydrogen) atoms. The number of nitrogens with zero attached hydrogens (tertiary/aromatic N) is 4. The topological polar surface area (TPSA) is 134 Å². The Balaban J connectivity index is 0.000000240. The minimum atomic E-state index is 0. The molecule has 0 aliphatic carbocycles. The maximum Gasteiger partial charge on any atom is 0.195 e. The minimum absolute atomic E-state index is 0. The van der Waals surface area contributed by atoms with Crippen molar-refractivity contribution in [2.24, 2.45) is 11.8 Å².